The number of aromatic amines is 1. The standard InChI is InChI=1S/C35H33ClFN5O5/c1-7-24(43)40-14-20-15-46-33-31(41(20)13-19(40)6)21-12-22(37)26(25-17(4)8-9-23-32(25)47-35(45)39-23)27(36)30(21)42(34(33)44)29-18(5)10-11-38-28(29)16(2)3/h7-12,16,19-20H,1,13-15H2,2-6H3,(H,39,45). The summed E-state index contributed by atoms with van der Waals surface area (Å²) in [7, 11) is 0. The molecule has 12 heteroatoms. The van der Waals surface area contributed by atoms with Crippen molar-refractivity contribution in [3.8, 4) is 22.6 Å². The Hall–Kier alpha value is -4.90. The van der Waals surface area contributed by atoms with Crippen LogP contribution in [0.2, 0.25) is 5.02 Å². The van der Waals surface area contributed by atoms with Crippen molar-refractivity contribution in [2.24, 2.45) is 0 Å². The van der Waals surface area contributed by atoms with E-state index >= 15 is 4.39 Å². The molecule has 7 rings (SSSR count). The van der Waals surface area contributed by atoms with Crippen LogP contribution in [-0.4, -0.2) is 57.1 Å². The number of benzene rings is 2. The Balaban J connectivity index is 1.62. The number of nitrogens with zero attached hydrogens (tertiary/aromatic N) is 4. The van der Waals surface area contributed by atoms with Crippen molar-refractivity contribution in [2.45, 2.75) is 52.6 Å². The monoisotopic (exact) mass is 657 g/mol. The summed E-state index contributed by atoms with van der Waals surface area (Å²) in [5.74, 6) is -1.56. The van der Waals surface area contributed by atoms with Gasteiger partial charge in [-0.25, -0.2) is 9.18 Å². The zero-order chi connectivity index (χ0) is 33.5. The smallest absolute Gasteiger partial charge is 0.417 e. The van der Waals surface area contributed by atoms with Crippen molar-refractivity contribution in [1.29, 1.82) is 0 Å². The number of carbonyl (C=O) groups excluding carboxylic acids is 1. The molecule has 2 unspecified atom stereocenters. The van der Waals surface area contributed by atoms with Crippen molar-refractivity contribution in [3.05, 3.63) is 91.7 Å². The van der Waals surface area contributed by atoms with Gasteiger partial charge < -0.3 is 19.0 Å². The fourth-order valence-electron chi connectivity index (χ4n) is 7.06. The Kier molecular flexibility index (Phi) is 7.27. The third-order valence-corrected chi connectivity index (χ3v) is 9.63. The number of carbonyl (C=O) groups is 1. The number of aromatic nitrogens is 3. The molecule has 0 aliphatic carbocycles. The molecule has 3 aromatic heterocycles. The van der Waals surface area contributed by atoms with Crippen molar-refractivity contribution in [2.75, 3.05) is 24.6 Å². The van der Waals surface area contributed by atoms with Crippen LogP contribution in [0.1, 0.15) is 43.5 Å². The van der Waals surface area contributed by atoms with Gasteiger partial charge in [0.05, 0.1) is 39.2 Å². The largest absolute Gasteiger partial charge is 0.484 e. The second kappa shape index (κ2) is 11.1. The zero-order valence-electron chi connectivity index (χ0n) is 26.6. The van der Waals surface area contributed by atoms with Gasteiger partial charge in [-0.15, -0.1) is 0 Å². The van der Waals surface area contributed by atoms with E-state index in [1.807, 2.05) is 38.7 Å². The summed E-state index contributed by atoms with van der Waals surface area (Å²) in [4.78, 5) is 50.7. The van der Waals surface area contributed by atoms with Crippen LogP contribution in [0, 0.1) is 19.7 Å². The molecule has 0 saturated carbocycles. The molecule has 47 heavy (non-hydrogen) atoms. The zero-order valence-corrected chi connectivity index (χ0v) is 27.4. The molecule has 2 aliphatic rings. The van der Waals surface area contributed by atoms with Gasteiger partial charge in [-0.1, -0.05) is 38.1 Å². The Morgan fingerprint density at radius 1 is 1.15 bits per heavy atom. The van der Waals surface area contributed by atoms with Gasteiger partial charge in [-0.3, -0.25) is 24.1 Å². The summed E-state index contributed by atoms with van der Waals surface area (Å²) >= 11 is 7.33. The molecule has 1 fully saturated rings. The summed E-state index contributed by atoms with van der Waals surface area (Å²) in [5.41, 5.74) is 3.62. The second-order valence-electron chi connectivity index (χ2n) is 12.6. The lowest BCUT2D eigenvalue weighted by Gasteiger charge is -2.48. The summed E-state index contributed by atoms with van der Waals surface area (Å²) < 4.78 is 30.0. The van der Waals surface area contributed by atoms with Crippen LogP contribution >= 0.6 is 11.6 Å². The van der Waals surface area contributed by atoms with Gasteiger partial charge in [-0.05, 0) is 62.1 Å². The molecule has 1 saturated heterocycles. The van der Waals surface area contributed by atoms with Gasteiger partial charge in [0.1, 0.15) is 12.4 Å². The van der Waals surface area contributed by atoms with E-state index in [1.165, 1.54) is 16.7 Å². The quantitative estimate of drug-likeness (QED) is 0.236. The minimum atomic E-state index is -0.686. The number of piperazine rings is 1. The first-order chi connectivity index (χ1) is 22.4. The van der Waals surface area contributed by atoms with E-state index in [0.29, 0.717) is 52.2 Å². The molecule has 5 aromatic rings. The molecule has 0 radical (unpaired) electrons. The lowest BCUT2D eigenvalue weighted by Crippen LogP contribution is -2.62. The number of nitrogens with one attached hydrogen (secondary N) is 1. The minimum Gasteiger partial charge on any atom is -0.484 e. The van der Waals surface area contributed by atoms with Crippen molar-refractivity contribution in [1.82, 2.24) is 19.4 Å². The number of oxazole rings is 1. The fraction of sp³-hybridized carbons (Fsp3) is 0.314. The van der Waals surface area contributed by atoms with Gasteiger partial charge in [0.15, 0.2) is 5.58 Å². The second-order valence-corrected chi connectivity index (χ2v) is 13.0. The Bertz CT molecular complexity index is 2270. The number of hydrogen-bond donors (Lipinski definition) is 1. The summed E-state index contributed by atoms with van der Waals surface area (Å²) in [5, 5.41) is 0.331. The van der Waals surface area contributed by atoms with Crippen molar-refractivity contribution < 1.29 is 18.3 Å². The van der Waals surface area contributed by atoms with E-state index in [2.05, 4.69) is 16.5 Å². The Morgan fingerprint density at radius 3 is 2.64 bits per heavy atom. The molecule has 242 valence electrons. The highest BCUT2D eigenvalue weighted by molar-refractivity contribution is 6.39. The van der Waals surface area contributed by atoms with Crippen LogP contribution in [0.15, 0.2) is 57.1 Å². The number of amides is 1. The maximum Gasteiger partial charge on any atom is 0.417 e. The van der Waals surface area contributed by atoms with Crippen molar-refractivity contribution in [3.63, 3.8) is 0 Å². The number of H-pyrrole nitrogens is 1. The van der Waals surface area contributed by atoms with Gasteiger partial charge in [0.25, 0.3) is 5.56 Å². The van der Waals surface area contributed by atoms with Crippen LogP contribution in [0.25, 0.3) is 38.8 Å². The van der Waals surface area contributed by atoms with Gasteiger partial charge in [-0.2, -0.15) is 0 Å². The highest BCUT2D eigenvalue weighted by Gasteiger charge is 2.41. The fourth-order valence-corrected chi connectivity index (χ4v) is 7.43. The van der Waals surface area contributed by atoms with E-state index in [9.17, 15) is 14.4 Å². The van der Waals surface area contributed by atoms with E-state index in [1.54, 1.807) is 30.2 Å². The highest BCUT2D eigenvalue weighted by atomic mass is 35.5. The van der Waals surface area contributed by atoms with Crippen molar-refractivity contribution >= 4 is 45.2 Å². The topological polar surface area (TPSA) is 114 Å². The number of ether oxygens (including phenoxy) is 1. The first kappa shape index (κ1) is 30.7. The van der Waals surface area contributed by atoms with E-state index in [4.69, 9.17) is 20.8 Å². The summed E-state index contributed by atoms with van der Waals surface area (Å²) in [6.45, 7) is 14.0. The van der Waals surface area contributed by atoms with Crippen LogP contribution in [0.3, 0.4) is 0 Å². The van der Waals surface area contributed by atoms with E-state index < -0.39 is 17.1 Å². The minimum absolute atomic E-state index is 0.00574. The molecule has 0 bridgehead atoms. The van der Waals surface area contributed by atoms with E-state index in [0.717, 1.165) is 5.56 Å². The normalized spacial score (nSPS) is 17.6. The lowest BCUT2D eigenvalue weighted by molar-refractivity contribution is -0.129. The molecule has 0 spiro atoms. The van der Waals surface area contributed by atoms with Gasteiger partial charge in [0, 0.05) is 41.8 Å². The first-order valence-electron chi connectivity index (χ1n) is 15.4. The number of aryl methyl sites for hydroxylation is 2. The Morgan fingerprint density at radius 2 is 1.91 bits per heavy atom. The molecule has 2 aromatic carbocycles. The molecule has 2 aliphatic heterocycles. The SMILES string of the molecule is C=CC(=O)N1CC2COc3c(c4cc(F)c(-c5c(C)ccc6[nH]c(=O)oc56)c(Cl)c4n(-c4c(C)ccnc4C(C)C)c3=O)N2CC1C. The lowest BCUT2D eigenvalue weighted by atomic mass is 9.95. The molecular weight excluding hydrogens is 625 g/mol. The first-order valence-corrected chi connectivity index (χ1v) is 15.8. The van der Waals surface area contributed by atoms with Crippen LogP contribution in [0.5, 0.6) is 5.75 Å². The number of fused-ring (bicyclic) bond motifs is 6. The van der Waals surface area contributed by atoms with E-state index in [-0.39, 0.29) is 58.0 Å². The summed E-state index contributed by atoms with van der Waals surface area (Å²) in [6, 6.07) is 6.07. The number of halogens is 2. The third-order valence-electron chi connectivity index (χ3n) is 9.26. The number of pyridine rings is 2. The molecule has 1 amide bonds. The molecule has 10 nitrogen and oxygen atoms in total. The average Bonchev–Trinajstić information content (AvgIpc) is 3.42. The molecular formula is C35H33ClFN5O5. The number of rotatable bonds is 4. The van der Waals surface area contributed by atoms with Crippen LogP contribution in [0.4, 0.5) is 10.1 Å². The summed E-state index contributed by atoms with van der Waals surface area (Å²) in [6.07, 6.45) is 2.98. The average molecular weight is 658 g/mol. The predicted octanol–water partition coefficient (Wildman–Crippen LogP) is 6.00. The predicted molar refractivity (Wildman–Crippen MR) is 180 cm³/mol. The number of anilines is 1. The maximum atomic E-state index is 16.7. The third kappa shape index (κ3) is 4.58. The van der Waals surface area contributed by atoms with Gasteiger partial charge >= 0.3 is 5.76 Å². The molecule has 2 atom stereocenters. The number of hydrogen-bond acceptors (Lipinski definition) is 7. The van der Waals surface area contributed by atoms with Gasteiger partial charge in [0.2, 0.25) is 11.7 Å². The molecule has 1 N–H and O–H groups in total. The Labute approximate surface area is 274 Å². The maximum absolute atomic E-state index is 16.7. The van der Waals surface area contributed by atoms with Crippen LogP contribution in [-0.2, 0) is 4.79 Å². The highest BCUT2D eigenvalue weighted by Crippen LogP contribution is 2.47. The van der Waals surface area contributed by atoms with Crippen LogP contribution < -0.4 is 21.0 Å². The molecule has 5 heterocycles.